The molecule has 0 saturated carbocycles. The Labute approximate surface area is 110 Å². The van der Waals surface area contributed by atoms with Crippen LogP contribution >= 0.6 is 11.6 Å². The first-order valence-corrected chi connectivity index (χ1v) is 5.94. The first-order valence-electron chi connectivity index (χ1n) is 5.56. The zero-order valence-corrected chi connectivity index (χ0v) is 10.2. The Morgan fingerprint density at radius 1 is 1.17 bits per heavy atom. The highest BCUT2D eigenvalue weighted by molar-refractivity contribution is 6.61. The van der Waals surface area contributed by atoms with Gasteiger partial charge in [0.1, 0.15) is 5.75 Å². The maximum atomic E-state index is 9.68. The Morgan fingerprint density at radius 2 is 1.89 bits per heavy atom. The summed E-state index contributed by atoms with van der Waals surface area (Å²) >= 11 is 6.23. The number of phenolic OH excluding ortho intramolecular Hbond substituents is 1. The summed E-state index contributed by atoms with van der Waals surface area (Å²) in [5.41, 5.74) is 3.37. The molecule has 3 rings (SSSR count). The molecule has 2 aromatic carbocycles. The lowest BCUT2D eigenvalue weighted by Gasteiger charge is -2.08. The maximum Gasteiger partial charge on any atom is 0.491 e. The summed E-state index contributed by atoms with van der Waals surface area (Å²) in [4.78, 5) is 0. The number of phenols is 1. The third kappa shape index (κ3) is 1.88. The molecule has 0 radical (unpaired) electrons. The average Bonchev–Trinajstić information content (AvgIpc) is 2.71. The van der Waals surface area contributed by atoms with E-state index in [0.717, 1.165) is 22.2 Å². The molecule has 0 fully saturated rings. The number of fused-ring (bicyclic) bond motifs is 1. The Balaban J connectivity index is 2.12. The van der Waals surface area contributed by atoms with Gasteiger partial charge in [0.2, 0.25) is 0 Å². The standard InChI is InChI=1S/C13H10BClO3/c15-13-5-9-7-18-14(17)12(9)6-11(13)8-1-3-10(16)4-2-8/h1-6,16-17H,7H2. The van der Waals surface area contributed by atoms with Gasteiger partial charge in [-0.05, 0) is 40.4 Å². The van der Waals surface area contributed by atoms with E-state index in [-0.39, 0.29) is 5.75 Å². The number of rotatable bonds is 1. The normalized spacial score (nSPS) is 13.8. The van der Waals surface area contributed by atoms with Crippen molar-refractivity contribution in [3.8, 4) is 16.9 Å². The molecule has 1 aliphatic rings. The number of hydrogen-bond acceptors (Lipinski definition) is 3. The summed E-state index contributed by atoms with van der Waals surface area (Å²) < 4.78 is 5.15. The van der Waals surface area contributed by atoms with Gasteiger partial charge in [0.05, 0.1) is 6.61 Å². The quantitative estimate of drug-likeness (QED) is 0.770. The van der Waals surface area contributed by atoms with Crippen LogP contribution in [0.5, 0.6) is 5.75 Å². The van der Waals surface area contributed by atoms with Gasteiger partial charge in [0, 0.05) is 5.02 Å². The van der Waals surface area contributed by atoms with Gasteiger partial charge >= 0.3 is 7.12 Å². The van der Waals surface area contributed by atoms with Crippen LogP contribution in [0.15, 0.2) is 36.4 Å². The first kappa shape index (κ1) is 11.6. The molecule has 2 aromatic rings. The van der Waals surface area contributed by atoms with Crippen molar-refractivity contribution in [2.45, 2.75) is 6.61 Å². The Bertz CT molecular complexity index is 598. The molecule has 18 heavy (non-hydrogen) atoms. The molecule has 5 heteroatoms. The van der Waals surface area contributed by atoms with Crippen LogP contribution in [0, 0.1) is 0 Å². The number of benzene rings is 2. The second-order valence-electron chi connectivity index (χ2n) is 4.24. The minimum Gasteiger partial charge on any atom is -0.508 e. The molecule has 0 aliphatic carbocycles. The van der Waals surface area contributed by atoms with Gasteiger partial charge in [-0.15, -0.1) is 0 Å². The third-order valence-corrected chi connectivity index (χ3v) is 3.38. The molecule has 1 heterocycles. The van der Waals surface area contributed by atoms with Crippen LogP contribution in [-0.2, 0) is 11.3 Å². The fraction of sp³-hybridized carbons (Fsp3) is 0.0769. The minimum absolute atomic E-state index is 0.208. The van der Waals surface area contributed by atoms with E-state index < -0.39 is 7.12 Å². The molecule has 0 bridgehead atoms. The van der Waals surface area contributed by atoms with E-state index in [1.165, 1.54) is 0 Å². The summed E-state index contributed by atoms with van der Waals surface area (Å²) in [6.07, 6.45) is 0. The van der Waals surface area contributed by atoms with Gasteiger partial charge in [-0.2, -0.15) is 0 Å². The Morgan fingerprint density at radius 3 is 2.61 bits per heavy atom. The van der Waals surface area contributed by atoms with Crippen LogP contribution in [0.3, 0.4) is 0 Å². The van der Waals surface area contributed by atoms with Crippen molar-refractivity contribution < 1.29 is 14.8 Å². The lowest BCUT2D eigenvalue weighted by molar-refractivity contribution is 0.275. The van der Waals surface area contributed by atoms with Crippen LogP contribution in [0.4, 0.5) is 0 Å². The Hall–Kier alpha value is -1.49. The van der Waals surface area contributed by atoms with Crippen LogP contribution in [0.25, 0.3) is 11.1 Å². The predicted octanol–water partition coefficient (Wildman–Crippen LogP) is 1.93. The summed E-state index contributed by atoms with van der Waals surface area (Å²) in [6, 6.07) is 10.4. The zero-order chi connectivity index (χ0) is 12.7. The maximum absolute atomic E-state index is 9.68. The van der Waals surface area contributed by atoms with Crippen LogP contribution < -0.4 is 5.46 Å². The molecule has 0 aromatic heterocycles. The highest BCUT2D eigenvalue weighted by Gasteiger charge is 2.28. The van der Waals surface area contributed by atoms with Gasteiger partial charge in [0.25, 0.3) is 0 Å². The zero-order valence-electron chi connectivity index (χ0n) is 9.43. The topological polar surface area (TPSA) is 49.7 Å². The van der Waals surface area contributed by atoms with Crippen molar-refractivity contribution >= 4 is 24.2 Å². The molecule has 90 valence electrons. The van der Waals surface area contributed by atoms with Crippen molar-refractivity contribution in [1.82, 2.24) is 0 Å². The van der Waals surface area contributed by atoms with E-state index >= 15 is 0 Å². The van der Waals surface area contributed by atoms with Crippen molar-refractivity contribution in [1.29, 1.82) is 0 Å². The number of halogens is 1. The number of hydrogen-bond donors (Lipinski definition) is 2. The minimum atomic E-state index is -0.881. The highest BCUT2D eigenvalue weighted by atomic mass is 35.5. The molecule has 0 spiro atoms. The second-order valence-corrected chi connectivity index (χ2v) is 4.65. The SMILES string of the molecule is OB1OCc2cc(Cl)c(-c3ccc(O)cc3)cc21. The molecular formula is C13H10BClO3. The Kier molecular flexibility index (Phi) is 2.78. The molecule has 0 saturated heterocycles. The smallest absolute Gasteiger partial charge is 0.491 e. The summed E-state index contributed by atoms with van der Waals surface area (Å²) in [5, 5.41) is 19.6. The molecule has 3 nitrogen and oxygen atoms in total. The van der Waals surface area contributed by atoms with Gasteiger partial charge in [-0.1, -0.05) is 29.8 Å². The molecular weight excluding hydrogens is 250 g/mol. The van der Waals surface area contributed by atoms with E-state index in [1.807, 2.05) is 12.1 Å². The van der Waals surface area contributed by atoms with Gasteiger partial charge in [-0.25, -0.2) is 0 Å². The van der Waals surface area contributed by atoms with Crippen molar-refractivity contribution in [3.63, 3.8) is 0 Å². The molecule has 1 aliphatic heterocycles. The second kappa shape index (κ2) is 4.32. The van der Waals surface area contributed by atoms with Gasteiger partial charge in [-0.3, -0.25) is 0 Å². The van der Waals surface area contributed by atoms with E-state index in [4.69, 9.17) is 16.3 Å². The predicted molar refractivity (Wildman–Crippen MR) is 70.9 cm³/mol. The summed E-state index contributed by atoms with van der Waals surface area (Å²) in [6.45, 7) is 0.381. The van der Waals surface area contributed by atoms with E-state index in [0.29, 0.717) is 11.6 Å². The van der Waals surface area contributed by atoms with Gasteiger partial charge in [0.15, 0.2) is 0 Å². The molecule has 0 unspecified atom stereocenters. The highest BCUT2D eigenvalue weighted by Crippen LogP contribution is 2.30. The van der Waals surface area contributed by atoms with Gasteiger partial charge < -0.3 is 14.8 Å². The average molecular weight is 260 g/mol. The van der Waals surface area contributed by atoms with Crippen LogP contribution in [0.1, 0.15) is 5.56 Å². The summed E-state index contributed by atoms with van der Waals surface area (Å²) in [5.74, 6) is 0.208. The molecule has 0 amide bonds. The lowest BCUT2D eigenvalue weighted by atomic mass is 9.78. The largest absolute Gasteiger partial charge is 0.508 e. The first-order chi connectivity index (χ1) is 8.65. The fourth-order valence-corrected chi connectivity index (χ4v) is 2.40. The molecule has 2 N–H and O–H groups in total. The van der Waals surface area contributed by atoms with Crippen molar-refractivity contribution in [2.75, 3.05) is 0 Å². The van der Waals surface area contributed by atoms with Crippen LogP contribution in [0.2, 0.25) is 5.02 Å². The van der Waals surface area contributed by atoms with Crippen molar-refractivity contribution in [3.05, 3.63) is 47.0 Å². The van der Waals surface area contributed by atoms with Crippen LogP contribution in [-0.4, -0.2) is 17.2 Å². The number of aromatic hydroxyl groups is 1. The van der Waals surface area contributed by atoms with E-state index in [1.54, 1.807) is 24.3 Å². The monoisotopic (exact) mass is 260 g/mol. The van der Waals surface area contributed by atoms with E-state index in [9.17, 15) is 10.1 Å². The van der Waals surface area contributed by atoms with E-state index in [2.05, 4.69) is 0 Å². The summed E-state index contributed by atoms with van der Waals surface area (Å²) in [7, 11) is -0.881. The third-order valence-electron chi connectivity index (χ3n) is 3.07. The molecule has 0 atom stereocenters. The van der Waals surface area contributed by atoms with Crippen molar-refractivity contribution in [2.24, 2.45) is 0 Å². The lowest BCUT2D eigenvalue weighted by Crippen LogP contribution is -2.28. The fourth-order valence-electron chi connectivity index (χ4n) is 2.11.